The summed E-state index contributed by atoms with van der Waals surface area (Å²) in [6.45, 7) is 6.45. The van der Waals surface area contributed by atoms with E-state index in [1.165, 1.54) is 18.9 Å². The van der Waals surface area contributed by atoms with Crippen LogP contribution < -0.4 is 10.9 Å². The third-order valence-electron chi connectivity index (χ3n) is 4.13. The number of hydrogen-bond acceptors (Lipinski definition) is 6. The molecular weight excluding hydrogens is 378 g/mol. The van der Waals surface area contributed by atoms with Crippen molar-refractivity contribution < 1.29 is 14.3 Å². The molecule has 1 atom stereocenters. The molecule has 7 nitrogen and oxygen atoms in total. The molecule has 0 aliphatic rings. The number of carbonyl (C=O) groups excluding carboxylic acids is 2. The van der Waals surface area contributed by atoms with Crippen molar-refractivity contribution in [2.75, 3.05) is 12.9 Å². The first-order valence-corrected chi connectivity index (χ1v) is 10.4. The summed E-state index contributed by atoms with van der Waals surface area (Å²) in [7, 11) is 1.30. The van der Waals surface area contributed by atoms with E-state index in [0.717, 1.165) is 6.42 Å². The Bertz CT molecular complexity index is 895. The Morgan fingerprint density at radius 2 is 2.00 bits per heavy atom. The van der Waals surface area contributed by atoms with E-state index in [1.54, 1.807) is 16.7 Å². The number of fused-ring (bicyclic) bond motifs is 1. The Morgan fingerprint density at radius 1 is 1.29 bits per heavy atom. The molecular formula is C20H27N3O4S. The van der Waals surface area contributed by atoms with Crippen LogP contribution in [0.4, 0.5) is 0 Å². The predicted molar refractivity (Wildman–Crippen MR) is 110 cm³/mol. The van der Waals surface area contributed by atoms with E-state index in [1.807, 2.05) is 32.9 Å². The molecule has 0 fully saturated rings. The van der Waals surface area contributed by atoms with Gasteiger partial charge in [0.2, 0.25) is 5.91 Å². The molecule has 1 aromatic carbocycles. The highest BCUT2D eigenvalue weighted by molar-refractivity contribution is 7.99. The number of benzene rings is 1. The molecule has 152 valence electrons. The number of para-hydroxylation sites is 1. The van der Waals surface area contributed by atoms with Crippen molar-refractivity contribution in [3.8, 4) is 0 Å². The van der Waals surface area contributed by atoms with Crippen molar-refractivity contribution in [1.29, 1.82) is 0 Å². The summed E-state index contributed by atoms with van der Waals surface area (Å²) < 4.78 is 6.38. The van der Waals surface area contributed by atoms with Crippen LogP contribution in [0.25, 0.3) is 10.9 Å². The normalized spacial score (nSPS) is 12.2. The van der Waals surface area contributed by atoms with Gasteiger partial charge in [-0.3, -0.25) is 14.2 Å². The van der Waals surface area contributed by atoms with Crippen molar-refractivity contribution in [2.24, 2.45) is 5.92 Å². The summed E-state index contributed by atoms with van der Waals surface area (Å²) >= 11 is 1.19. The van der Waals surface area contributed by atoms with Gasteiger partial charge < -0.3 is 10.1 Å². The monoisotopic (exact) mass is 405 g/mol. The molecule has 1 aromatic heterocycles. The second-order valence-corrected chi connectivity index (χ2v) is 7.87. The molecule has 28 heavy (non-hydrogen) atoms. The van der Waals surface area contributed by atoms with Crippen LogP contribution in [0, 0.1) is 5.92 Å². The van der Waals surface area contributed by atoms with Gasteiger partial charge >= 0.3 is 5.97 Å². The first-order chi connectivity index (χ1) is 13.4. The van der Waals surface area contributed by atoms with Crippen molar-refractivity contribution in [1.82, 2.24) is 14.9 Å². The Balaban J connectivity index is 2.17. The van der Waals surface area contributed by atoms with E-state index in [-0.39, 0.29) is 23.1 Å². The van der Waals surface area contributed by atoms with Crippen LogP contribution in [-0.2, 0) is 20.9 Å². The number of rotatable bonds is 9. The summed E-state index contributed by atoms with van der Waals surface area (Å²) in [5.74, 6) is -0.473. The Hall–Kier alpha value is -2.35. The number of amides is 1. The zero-order valence-corrected chi connectivity index (χ0v) is 17.5. The number of esters is 1. The smallest absolute Gasteiger partial charge is 0.328 e. The van der Waals surface area contributed by atoms with E-state index in [0.29, 0.717) is 29.0 Å². The Labute approximate surface area is 168 Å². The van der Waals surface area contributed by atoms with Gasteiger partial charge in [0.25, 0.3) is 5.56 Å². The van der Waals surface area contributed by atoms with Gasteiger partial charge in [-0.2, -0.15) is 0 Å². The molecule has 1 heterocycles. The highest BCUT2D eigenvalue weighted by Gasteiger charge is 2.23. The minimum Gasteiger partial charge on any atom is -0.467 e. The molecule has 0 aliphatic heterocycles. The molecule has 0 saturated carbocycles. The lowest BCUT2D eigenvalue weighted by Gasteiger charge is -2.18. The van der Waals surface area contributed by atoms with Gasteiger partial charge in [-0.15, -0.1) is 0 Å². The zero-order valence-electron chi connectivity index (χ0n) is 16.7. The number of methoxy groups -OCH3 is 1. The second kappa shape index (κ2) is 10.3. The fourth-order valence-electron chi connectivity index (χ4n) is 2.87. The topological polar surface area (TPSA) is 90.3 Å². The van der Waals surface area contributed by atoms with Crippen LogP contribution in [0.5, 0.6) is 0 Å². The maximum Gasteiger partial charge on any atom is 0.328 e. The molecule has 2 aromatic rings. The molecule has 0 spiro atoms. The van der Waals surface area contributed by atoms with E-state index in [2.05, 4.69) is 10.3 Å². The summed E-state index contributed by atoms with van der Waals surface area (Å²) in [4.78, 5) is 41.6. The summed E-state index contributed by atoms with van der Waals surface area (Å²) in [6.07, 6.45) is 1.27. The van der Waals surface area contributed by atoms with Gasteiger partial charge in [0.1, 0.15) is 6.04 Å². The highest BCUT2D eigenvalue weighted by Crippen LogP contribution is 2.18. The van der Waals surface area contributed by atoms with Gasteiger partial charge in [0.15, 0.2) is 5.16 Å². The molecule has 0 saturated heterocycles. The van der Waals surface area contributed by atoms with Crippen molar-refractivity contribution in [3.05, 3.63) is 34.6 Å². The Morgan fingerprint density at radius 3 is 2.64 bits per heavy atom. The van der Waals surface area contributed by atoms with Crippen LogP contribution in [0.3, 0.4) is 0 Å². The van der Waals surface area contributed by atoms with E-state index in [4.69, 9.17) is 4.74 Å². The van der Waals surface area contributed by atoms with Gasteiger partial charge in [0.05, 0.1) is 23.8 Å². The van der Waals surface area contributed by atoms with E-state index < -0.39 is 12.0 Å². The van der Waals surface area contributed by atoms with Crippen molar-refractivity contribution in [2.45, 2.75) is 51.4 Å². The first-order valence-electron chi connectivity index (χ1n) is 9.36. The van der Waals surface area contributed by atoms with Gasteiger partial charge in [-0.1, -0.05) is 44.7 Å². The molecule has 8 heteroatoms. The average molecular weight is 406 g/mol. The number of ether oxygens (including phenoxy) is 1. The van der Waals surface area contributed by atoms with Crippen LogP contribution in [0.15, 0.2) is 34.2 Å². The van der Waals surface area contributed by atoms with E-state index in [9.17, 15) is 14.4 Å². The number of hydrogen-bond donors (Lipinski definition) is 1. The fourth-order valence-corrected chi connectivity index (χ4v) is 3.71. The predicted octanol–water partition coefficient (Wildman–Crippen LogP) is 2.60. The van der Waals surface area contributed by atoms with Gasteiger partial charge in [0, 0.05) is 6.54 Å². The molecule has 0 bridgehead atoms. The van der Waals surface area contributed by atoms with Crippen LogP contribution in [-0.4, -0.2) is 40.3 Å². The first kappa shape index (κ1) is 21.9. The Kier molecular flexibility index (Phi) is 8.04. The maximum atomic E-state index is 12.8. The maximum absolute atomic E-state index is 12.8. The average Bonchev–Trinajstić information content (AvgIpc) is 2.67. The van der Waals surface area contributed by atoms with Crippen LogP contribution in [0.1, 0.15) is 33.6 Å². The number of nitrogens with one attached hydrogen (secondary N) is 1. The van der Waals surface area contributed by atoms with Gasteiger partial charge in [-0.05, 0) is 30.9 Å². The fraction of sp³-hybridized carbons (Fsp3) is 0.500. The standard InChI is InChI=1S/C20H27N3O4S/c1-5-10-23-18(25)14-8-6-7-9-15(14)22-20(23)28-12-17(24)21-16(11-13(2)3)19(26)27-4/h6-9,13,16H,5,10-12H2,1-4H3,(H,21,24)/t16-/m1/s1. The third kappa shape index (κ3) is 5.58. The minimum absolute atomic E-state index is 0.0556. The second-order valence-electron chi connectivity index (χ2n) is 6.93. The number of thioether (sulfide) groups is 1. The number of aromatic nitrogens is 2. The van der Waals surface area contributed by atoms with Crippen LogP contribution >= 0.6 is 11.8 Å². The summed E-state index contributed by atoms with van der Waals surface area (Å²) in [6, 6.07) is 6.50. The molecule has 0 aliphatic carbocycles. The highest BCUT2D eigenvalue weighted by atomic mass is 32.2. The van der Waals surface area contributed by atoms with Crippen molar-refractivity contribution in [3.63, 3.8) is 0 Å². The van der Waals surface area contributed by atoms with Crippen molar-refractivity contribution >= 4 is 34.5 Å². The summed E-state index contributed by atoms with van der Waals surface area (Å²) in [5, 5.41) is 3.78. The molecule has 0 unspecified atom stereocenters. The molecule has 0 radical (unpaired) electrons. The largest absolute Gasteiger partial charge is 0.467 e. The van der Waals surface area contributed by atoms with Crippen LogP contribution in [0.2, 0.25) is 0 Å². The lowest BCUT2D eigenvalue weighted by molar-refractivity contribution is -0.145. The van der Waals surface area contributed by atoms with Gasteiger partial charge in [-0.25, -0.2) is 9.78 Å². The summed E-state index contributed by atoms with van der Waals surface area (Å²) in [5.41, 5.74) is 0.498. The SMILES string of the molecule is CCCn1c(SCC(=O)N[C@H](CC(C)C)C(=O)OC)nc2ccccc2c1=O. The number of nitrogens with zero attached hydrogens (tertiary/aromatic N) is 2. The minimum atomic E-state index is -0.680. The molecule has 2 rings (SSSR count). The molecule has 1 amide bonds. The lowest BCUT2D eigenvalue weighted by atomic mass is 10.0. The lowest BCUT2D eigenvalue weighted by Crippen LogP contribution is -2.43. The quantitative estimate of drug-likeness (QED) is 0.392. The zero-order chi connectivity index (χ0) is 20.7. The third-order valence-corrected chi connectivity index (χ3v) is 5.11. The number of carbonyl (C=O) groups is 2. The van der Waals surface area contributed by atoms with E-state index >= 15 is 0 Å². The molecule has 1 N–H and O–H groups in total.